The van der Waals surface area contributed by atoms with E-state index in [-0.39, 0.29) is 17.8 Å². The molecular formula is C17H19F3N6OS. The van der Waals surface area contributed by atoms with E-state index in [4.69, 9.17) is 10.8 Å². The van der Waals surface area contributed by atoms with E-state index in [9.17, 15) is 16.5 Å². The lowest BCUT2D eigenvalue weighted by Crippen LogP contribution is -2.49. The van der Waals surface area contributed by atoms with Crippen molar-refractivity contribution >= 4 is 29.2 Å². The van der Waals surface area contributed by atoms with Crippen molar-refractivity contribution in [2.45, 2.75) is 11.3 Å². The van der Waals surface area contributed by atoms with Crippen molar-refractivity contribution in [2.75, 3.05) is 31.1 Å². The molecule has 150 valence electrons. The standard InChI is InChI=1S/C17H19F3N6OS/c18-28(19,20)14-3-1-2-13(10-14)11-17(27)25-8-6-24(7-9-25)16-5-4-15(22)26(12-21)23-16/h1-5,10,12,21-22H,6-9,11H2. The highest BCUT2D eigenvalue weighted by Crippen LogP contribution is 2.60. The number of carbonyl (C=O) groups excluding carboxylic acids is 1. The molecule has 1 aliphatic heterocycles. The quantitative estimate of drug-likeness (QED) is 0.584. The van der Waals surface area contributed by atoms with E-state index >= 15 is 0 Å². The fraction of sp³-hybridized carbons (Fsp3) is 0.294. The highest BCUT2D eigenvalue weighted by atomic mass is 32.3. The molecule has 2 N–H and O–H groups in total. The zero-order valence-electron chi connectivity index (χ0n) is 14.8. The van der Waals surface area contributed by atoms with Crippen molar-refractivity contribution in [3.8, 4) is 0 Å². The van der Waals surface area contributed by atoms with E-state index in [1.54, 1.807) is 17.0 Å². The molecule has 1 amide bonds. The van der Waals surface area contributed by atoms with Gasteiger partial charge in [0.15, 0.2) is 0 Å². The Bertz CT molecular complexity index is 937. The number of nitrogens with zero attached hydrogens (tertiary/aromatic N) is 4. The SMILES string of the molecule is N=Cn1nc(N2CCN(C(=O)Cc3cccc(S(F)(F)F)c3)CC2)ccc1=N. The summed E-state index contributed by atoms with van der Waals surface area (Å²) in [5.74, 6) is 0.394. The Morgan fingerprint density at radius 3 is 2.50 bits per heavy atom. The summed E-state index contributed by atoms with van der Waals surface area (Å²) in [6, 6.07) is 8.16. The molecule has 0 saturated carbocycles. The van der Waals surface area contributed by atoms with Gasteiger partial charge in [0, 0.05) is 26.2 Å². The summed E-state index contributed by atoms with van der Waals surface area (Å²) in [5, 5.41) is 19.1. The fourth-order valence-corrected chi connectivity index (χ4v) is 3.48. The molecule has 0 atom stereocenters. The molecule has 7 nitrogen and oxygen atoms in total. The van der Waals surface area contributed by atoms with Crippen LogP contribution in [-0.4, -0.2) is 53.1 Å². The number of piperazine rings is 1. The van der Waals surface area contributed by atoms with Crippen LogP contribution in [0, 0.1) is 10.8 Å². The second-order valence-electron chi connectivity index (χ2n) is 6.25. The number of hydrogen-bond donors (Lipinski definition) is 2. The maximum absolute atomic E-state index is 12.9. The average Bonchev–Trinajstić information content (AvgIpc) is 2.68. The summed E-state index contributed by atoms with van der Waals surface area (Å²) in [4.78, 5) is 15.4. The Hall–Kier alpha value is -2.82. The summed E-state index contributed by atoms with van der Waals surface area (Å²) in [6.07, 6.45) is 0.880. The molecule has 0 unspecified atom stereocenters. The first kappa shape index (κ1) is 19.9. The molecule has 1 saturated heterocycles. The van der Waals surface area contributed by atoms with Gasteiger partial charge in [0.25, 0.3) is 0 Å². The second-order valence-corrected chi connectivity index (χ2v) is 7.53. The van der Waals surface area contributed by atoms with E-state index in [1.165, 1.54) is 12.1 Å². The van der Waals surface area contributed by atoms with Gasteiger partial charge in [-0.25, -0.2) is 4.68 Å². The third-order valence-electron chi connectivity index (χ3n) is 4.45. The van der Waals surface area contributed by atoms with Crippen molar-refractivity contribution in [3.05, 3.63) is 47.4 Å². The predicted octanol–water partition coefficient (Wildman–Crippen LogP) is 2.53. The number of halogens is 3. The van der Waals surface area contributed by atoms with Gasteiger partial charge in [-0.15, -0.1) is 16.8 Å². The van der Waals surface area contributed by atoms with Crippen molar-refractivity contribution in [2.24, 2.45) is 0 Å². The van der Waals surface area contributed by atoms with Crippen molar-refractivity contribution < 1.29 is 16.5 Å². The predicted molar refractivity (Wildman–Crippen MR) is 100 cm³/mol. The van der Waals surface area contributed by atoms with E-state index < -0.39 is 16.1 Å². The smallest absolute Gasteiger partial charge is 0.237 e. The van der Waals surface area contributed by atoms with Crippen molar-refractivity contribution in [3.63, 3.8) is 0 Å². The summed E-state index contributed by atoms with van der Waals surface area (Å²) < 4.78 is 39.8. The highest BCUT2D eigenvalue weighted by molar-refractivity contribution is 8.20. The maximum atomic E-state index is 12.9. The van der Waals surface area contributed by atoms with Crippen LogP contribution in [-0.2, 0) is 11.2 Å². The molecule has 1 aliphatic rings. The molecule has 0 spiro atoms. The Balaban J connectivity index is 1.61. The highest BCUT2D eigenvalue weighted by Gasteiger charge is 2.26. The van der Waals surface area contributed by atoms with Crippen LogP contribution in [0.3, 0.4) is 0 Å². The molecule has 1 fully saturated rings. The fourth-order valence-electron chi connectivity index (χ4n) is 2.97. The number of benzene rings is 1. The van der Waals surface area contributed by atoms with Crippen LogP contribution in [0.25, 0.3) is 0 Å². The van der Waals surface area contributed by atoms with E-state index in [2.05, 4.69) is 5.10 Å². The molecule has 2 aromatic rings. The summed E-state index contributed by atoms with van der Waals surface area (Å²) in [6.45, 7) is 1.89. The molecule has 28 heavy (non-hydrogen) atoms. The van der Waals surface area contributed by atoms with Gasteiger partial charge in [-0.05, 0) is 29.8 Å². The number of rotatable bonds is 5. The Morgan fingerprint density at radius 2 is 1.86 bits per heavy atom. The zero-order chi connectivity index (χ0) is 20.3. The first-order valence-corrected chi connectivity index (χ1v) is 9.80. The third-order valence-corrected chi connectivity index (χ3v) is 5.24. The van der Waals surface area contributed by atoms with Gasteiger partial charge in [0.2, 0.25) is 17.1 Å². The monoisotopic (exact) mass is 412 g/mol. The third kappa shape index (κ3) is 4.53. The van der Waals surface area contributed by atoms with Gasteiger partial charge in [-0.3, -0.25) is 15.6 Å². The molecule has 3 rings (SSSR count). The minimum atomic E-state index is -5.30. The lowest BCUT2D eigenvalue weighted by molar-refractivity contribution is -0.130. The zero-order valence-corrected chi connectivity index (χ0v) is 15.6. The summed E-state index contributed by atoms with van der Waals surface area (Å²) >= 11 is -5.30. The molecule has 1 aromatic heterocycles. The van der Waals surface area contributed by atoms with Crippen LogP contribution in [0.5, 0.6) is 0 Å². The number of nitrogens with one attached hydrogen (secondary N) is 2. The van der Waals surface area contributed by atoms with E-state index in [1.807, 2.05) is 4.90 Å². The van der Waals surface area contributed by atoms with Crippen LogP contribution in [0.2, 0.25) is 0 Å². The number of aromatic nitrogens is 2. The van der Waals surface area contributed by atoms with Crippen LogP contribution >= 0.6 is 11.2 Å². The minimum Gasteiger partial charge on any atom is -0.352 e. The summed E-state index contributed by atoms with van der Waals surface area (Å²) in [7, 11) is 0. The average molecular weight is 412 g/mol. The Morgan fingerprint density at radius 1 is 1.14 bits per heavy atom. The molecule has 0 aliphatic carbocycles. The second kappa shape index (κ2) is 8.05. The van der Waals surface area contributed by atoms with Crippen molar-refractivity contribution in [1.29, 1.82) is 10.8 Å². The number of amides is 1. The normalized spacial score (nSPS) is 15.4. The molecule has 0 bridgehead atoms. The van der Waals surface area contributed by atoms with Crippen LogP contribution in [0.4, 0.5) is 17.5 Å². The largest absolute Gasteiger partial charge is 0.352 e. The van der Waals surface area contributed by atoms with E-state index in [0.29, 0.717) is 37.6 Å². The van der Waals surface area contributed by atoms with Gasteiger partial charge < -0.3 is 9.80 Å². The van der Waals surface area contributed by atoms with Gasteiger partial charge in [0.1, 0.15) is 17.6 Å². The van der Waals surface area contributed by atoms with Crippen molar-refractivity contribution in [1.82, 2.24) is 14.7 Å². The van der Waals surface area contributed by atoms with Gasteiger partial charge in [-0.1, -0.05) is 12.1 Å². The van der Waals surface area contributed by atoms with Gasteiger partial charge in [-0.2, -0.15) is 0 Å². The lowest BCUT2D eigenvalue weighted by Gasteiger charge is -2.35. The van der Waals surface area contributed by atoms with Crippen LogP contribution in [0.1, 0.15) is 5.56 Å². The Labute approximate surface area is 161 Å². The van der Waals surface area contributed by atoms with Crippen LogP contribution < -0.4 is 10.4 Å². The first-order chi connectivity index (χ1) is 13.3. The molecule has 1 aromatic carbocycles. The first-order valence-electron chi connectivity index (χ1n) is 8.47. The maximum Gasteiger partial charge on any atom is 0.237 e. The molecular weight excluding hydrogens is 393 g/mol. The topological polar surface area (TPSA) is 89.1 Å². The molecule has 0 radical (unpaired) electrons. The lowest BCUT2D eigenvalue weighted by atomic mass is 10.1. The van der Waals surface area contributed by atoms with Gasteiger partial charge in [0.05, 0.1) is 11.3 Å². The molecule has 11 heteroatoms. The van der Waals surface area contributed by atoms with E-state index in [0.717, 1.165) is 23.2 Å². The minimum absolute atomic E-state index is 0.0665. The van der Waals surface area contributed by atoms with Crippen LogP contribution in [0.15, 0.2) is 41.3 Å². The number of carbonyl (C=O) groups is 1. The number of hydrogen-bond acceptors (Lipinski definition) is 5. The molecule has 2 heterocycles. The summed E-state index contributed by atoms with van der Waals surface area (Å²) in [5.41, 5.74) is 0.449. The Kier molecular flexibility index (Phi) is 5.73. The number of anilines is 1. The van der Waals surface area contributed by atoms with Gasteiger partial charge >= 0.3 is 0 Å².